The molecule has 0 radical (unpaired) electrons. The number of carbonyl (C=O) groups excluding carboxylic acids is 1. The van der Waals surface area contributed by atoms with Crippen molar-refractivity contribution in [2.75, 3.05) is 0 Å². The van der Waals surface area contributed by atoms with E-state index >= 15 is 0 Å². The molecule has 146 valence electrons. The number of aryl methyl sites for hydroxylation is 2. The van der Waals surface area contributed by atoms with Crippen LogP contribution in [-0.2, 0) is 4.79 Å². The fourth-order valence-corrected chi connectivity index (χ4v) is 5.79. The standard InChI is InChI=1S/C25H28O2S/c1-4-5-16-24(26)27-25-19(2)17-23(18-20(25)3)28(21-12-8-6-9-13-21)22-14-10-7-11-15-22/h6-15,17-18,28H,4-5,16H2,1-3H3. The summed E-state index contributed by atoms with van der Waals surface area (Å²) in [7, 11) is -0.661. The zero-order chi connectivity index (χ0) is 19.9. The lowest BCUT2D eigenvalue weighted by Gasteiger charge is -2.25. The molecule has 3 rings (SSSR count). The minimum absolute atomic E-state index is 0.144. The molecule has 0 saturated carbocycles. The lowest BCUT2D eigenvalue weighted by Crippen LogP contribution is -2.09. The molecular formula is C25H28O2S. The van der Waals surface area contributed by atoms with Gasteiger partial charge in [0.15, 0.2) is 0 Å². The second-order valence-electron chi connectivity index (χ2n) is 6.99. The number of unbranched alkanes of at least 4 members (excludes halogenated alkanes) is 1. The van der Waals surface area contributed by atoms with Gasteiger partial charge in [0.1, 0.15) is 5.75 Å². The van der Waals surface area contributed by atoms with E-state index in [2.05, 4.69) is 79.7 Å². The zero-order valence-electron chi connectivity index (χ0n) is 16.8. The molecule has 0 saturated heterocycles. The second-order valence-corrected chi connectivity index (χ2v) is 9.21. The van der Waals surface area contributed by atoms with Gasteiger partial charge >= 0.3 is 5.97 Å². The summed E-state index contributed by atoms with van der Waals surface area (Å²) < 4.78 is 5.69. The monoisotopic (exact) mass is 392 g/mol. The molecule has 0 heterocycles. The molecule has 3 heteroatoms. The van der Waals surface area contributed by atoms with E-state index in [0.717, 1.165) is 24.0 Å². The van der Waals surface area contributed by atoms with Crippen molar-refractivity contribution in [3.8, 4) is 5.75 Å². The molecular weight excluding hydrogens is 364 g/mol. The third-order valence-electron chi connectivity index (χ3n) is 4.68. The first-order valence-electron chi connectivity index (χ1n) is 9.82. The predicted molar refractivity (Wildman–Crippen MR) is 118 cm³/mol. The van der Waals surface area contributed by atoms with E-state index in [9.17, 15) is 4.79 Å². The fourth-order valence-electron chi connectivity index (χ4n) is 3.30. The number of hydrogen-bond donors (Lipinski definition) is 1. The van der Waals surface area contributed by atoms with Gasteiger partial charge in [-0.15, -0.1) is 0 Å². The predicted octanol–water partition coefficient (Wildman–Crippen LogP) is 6.88. The maximum atomic E-state index is 12.1. The van der Waals surface area contributed by atoms with Crippen LogP contribution in [0.1, 0.15) is 37.3 Å². The van der Waals surface area contributed by atoms with Crippen molar-refractivity contribution < 1.29 is 9.53 Å². The Morgan fingerprint density at radius 3 is 1.79 bits per heavy atom. The van der Waals surface area contributed by atoms with E-state index in [-0.39, 0.29) is 5.97 Å². The van der Waals surface area contributed by atoms with Gasteiger partial charge in [-0.25, -0.2) is 0 Å². The maximum Gasteiger partial charge on any atom is 0.311 e. The van der Waals surface area contributed by atoms with Crippen LogP contribution < -0.4 is 4.74 Å². The SMILES string of the molecule is CCCCC(=O)Oc1c(C)cc([SH](c2ccccc2)c2ccccc2)cc1C. The highest BCUT2D eigenvalue weighted by Crippen LogP contribution is 2.52. The molecule has 0 unspecified atom stereocenters. The molecule has 0 bridgehead atoms. The summed E-state index contributed by atoms with van der Waals surface area (Å²) in [6.07, 6.45) is 2.32. The van der Waals surface area contributed by atoms with Crippen LogP contribution in [0.4, 0.5) is 0 Å². The Balaban J connectivity index is 1.99. The topological polar surface area (TPSA) is 26.3 Å². The van der Waals surface area contributed by atoms with Crippen LogP contribution in [0.3, 0.4) is 0 Å². The molecule has 3 aromatic carbocycles. The summed E-state index contributed by atoms with van der Waals surface area (Å²) in [4.78, 5) is 16.0. The minimum Gasteiger partial charge on any atom is -0.426 e. The largest absolute Gasteiger partial charge is 0.426 e. The van der Waals surface area contributed by atoms with Crippen molar-refractivity contribution in [2.24, 2.45) is 0 Å². The molecule has 0 atom stereocenters. The third kappa shape index (κ3) is 4.85. The van der Waals surface area contributed by atoms with E-state index in [0.29, 0.717) is 12.2 Å². The Labute approximate surface area is 170 Å². The van der Waals surface area contributed by atoms with Gasteiger partial charge in [-0.3, -0.25) is 4.79 Å². The Kier molecular flexibility index (Phi) is 6.94. The van der Waals surface area contributed by atoms with Gasteiger partial charge in [-0.2, -0.15) is 10.9 Å². The van der Waals surface area contributed by atoms with Crippen LogP contribution in [0.25, 0.3) is 0 Å². The van der Waals surface area contributed by atoms with Crippen molar-refractivity contribution in [1.82, 2.24) is 0 Å². The highest BCUT2D eigenvalue weighted by atomic mass is 32.2. The molecule has 28 heavy (non-hydrogen) atoms. The van der Waals surface area contributed by atoms with Gasteiger partial charge < -0.3 is 4.74 Å². The molecule has 3 aromatic rings. The first kappa shape index (κ1) is 20.2. The molecule has 0 amide bonds. The molecule has 0 aromatic heterocycles. The molecule has 0 aliphatic rings. The van der Waals surface area contributed by atoms with E-state index in [1.807, 2.05) is 13.8 Å². The van der Waals surface area contributed by atoms with Crippen molar-refractivity contribution in [1.29, 1.82) is 0 Å². The molecule has 0 aliphatic carbocycles. The van der Waals surface area contributed by atoms with Gasteiger partial charge in [-0.05, 0) is 82.5 Å². The number of esters is 1. The first-order valence-corrected chi connectivity index (χ1v) is 11.2. The van der Waals surface area contributed by atoms with Crippen LogP contribution in [0.5, 0.6) is 5.75 Å². The fraction of sp³-hybridized carbons (Fsp3) is 0.240. The Hall–Kier alpha value is -2.52. The summed E-state index contributed by atoms with van der Waals surface area (Å²) in [6, 6.07) is 25.6. The average Bonchev–Trinajstić information content (AvgIpc) is 2.71. The Morgan fingerprint density at radius 1 is 0.821 bits per heavy atom. The molecule has 0 aliphatic heterocycles. The van der Waals surface area contributed by atoms with E-state index < -0.39 is 10.9 Å². The number of ether oxygens (including phenoxy) is 1. The highest BCUT2D eigenvalue weighted by molar-refractivity contribution is 8.17. The van der Waals surface area contributed by atoms with Crippen LogP contribution in [-0.4, -0.2) is 5.97 Å². The van der Waals surface area contributed by atoms with E-state index in [1.165, 1.54) is 14.7 Å². The van der Waals surface area contributed by atoms with Gasteiger partial charge in [0, 0.05) is 6.42 Å². The second kappa shape index (κ2) is 9.61. The van der Waals surface area contributed by atoms with Gasteiger partial charge in [-0.1, -0.05) is 49.7 Å². The lowest BCUT2D eigenvalue weighted by atomic mass is 10.1. The summed E-state index contributed by atoms with van der Waals surface area (Å²) in [5, 5.41) is 0. The number of hydrogen-bond acceptors (Lipinski definition) is 2. The van der Waals surface area contributed by atoms with Crippen LogP contribution >= 0.6 is 10.9 Å². The molecule has 0 fully saturated rings. The van der Waals surface area contributed by atoms with Crippen LogP contribution in [0, 0.1) is 13.8 Å². The van der Waals surface area contributed by atoms with Crippen LogP contribution in [0.2, 0.25) is 0 Å². The van der Waals surface area contributed by atoms with Crippen LogP contribution in [0.15, 0.2) is 87.5 Å². The van der Waals surface area contributed by atoms with Crippen molar-refractivity contribution in [3.63, 3.8) is 0 Å². The van der Waals surface area contributed by atoms with E-state index in [1.54, 1.807) is 0 Å². The summed E-state index contributed by atoms with van der Waals surface area (Å²) in [5.41, 5.74) is 2.03. The first-order chi connectivity index (χ1) is 13.6. The summed E-state index contributed by atoms with van der Waals surface area (Å²) >= 11 is 0. The molecule has 0 spiro atoms. The maximum absolute atomic E-state index is 12.1. The normalized spacial score (nSPS) is 11.2. The number of benzene rings is 3. The van der Waals surface area contributed by atoms with Crippen molar-refractivity contribution in [3.05, 3.63) is 83.9 Å². The molecule has 0 N–H and O–H groups in total. The van der Waals surface area contributed by atoms with Gasteiger partial charge in [0.2, 0.25) is 0 Å². The smallest absolute Gasteiger partial charge is 0.311 e. The Bertz CT molecular complexity index is 857. The van der Waals surface area contributed by atoms with Crippen molar-refractivity contribution in [2.45, 2.75) is 54.7 Å². The van der Waals surface area contributed by atoms with Gasteiger partial charge in [0.25, 0.3) is 0 Å². The number of thiol groups is 1. The Morgan fingerprint density at radius 2 is 1.32 bits per heavy atom. The summed E-state index contributed by atoms with van der Waals surface area (Å²) in [5.74, 6) is 0.565. The van der Waals surface area contributed by atoms with E-state index in [4.69, 9.17) is 4.74 Å². The molecule has 2 nitrogen and oxygen atoms in total. The number of rotatable bonds is 7. The highest BCUT2D eigenvalue weighted by Gasteiger charge is 2.17. The average molecular weight is 393 g/mol. The van der Waals surface area contributed by atoms with Gasteiger partial charge in [0.05, 0.1) is 0 Å². The number of carbonyl (C=O) groups is 1. The third-order valence-corrected chi connectivity index (χ3v) is 7.09. The zero-order valence-corrected chi connectivity index (χ0v) is 17.7. The minimum atomic E-state index is -0.661. The quantitative estimate of drug-likeness (QED) is 0.269. The lowest BCUT2D eigenvalue weighted by molar-refractivity contribution is -0.134. The van der Waals surface area contributed by atoms with Crippen molar-refractivity contribution >= 4 is 16.9 Å². The summed E-state index contributed by atoms with van der Waals surface area (Å²) in [6.45, 7) is 6.14.